The molecule has 0 aromatic carbocycles. The Labute approximate surface area is 106 Å². The summed E-state index contributed by atoms with van der Waals surface area (Å²) in [5.41, 5.74) is 0. The van der Waals surface area contributed by atoms with E-state index >= 15 is 0 Å². The fourth-order valence-electron chi connectivity index (χ4n) is 1.96. The number of carbonyl (C=O) groups is 1. The van der Waals surface area contributed by atoms with Crippen LogP contribution in [0, 0.1) is 0 Å². The van der Waals surface area contributed by atoms with Crippen LogP contribution in [-0.2, 0) is 10.8 Å². The molecule has 1 aliphatic rings. The number of carbonyl (C=O) groups excluding carboxylic acids is 1. The fraction of sp³-hybridized carbons (Fsp3) is 0.909. The number of nitrogens with zero attached hydrogens (tertiary/aromatic N) is 2. The van der Waals surface area contributed by atoms with Crippen LogP contribution in [0.25, 0.3) is 0 Å². The smallest absolute Gasteiger partial charge is 0.319 e. The summed E-state index contributed by atoms with van der Waals surface area (Å²) < 4.78 is 10.9. The Morgan fingerprint density at radius 1 is 1.41 bits per heavy atom. The average Bonchev–Trinajstić information content (AvgIpc) is 2.28. The maximum absolute atomic E-state index is 11.7. The molecule has 0 aromatic rings. The molecule has 1 fully saturated rings. The van der Waals surface area contributed by atoms with E-state index in [9.17, 15) is 9.00 Å². The van der Waals surface area contributed by atoms with Crippen molar-refractivity contribution in [2.45, 2.75) is 18.9 Å². The van der Waals surface area contributed by atoms with Gasteiger partial charge in [0.05, 0.1) is 0 Å². The third-order valence-electron chi connectivity index (χ3n) is 2.97. The summed E-state index contributed by atoms with van der Waals surface area (Å²) in [5, 5.41) is 3.40. The van der Waals surface area contributed by atoms with Crippen molar-refractivity contribution in [3.63, 3.8) is 0 Å². The lowest BCUT2D eigenvalue weighted by atomic mass is 10.1. The first-order chi connectivity index (χ1) is 8.00. The van der Waals surface area contributed by atoms with E-state index in [0.29, 0.717) is 11.8 Å². The predicted molar refractivity (Wildman–Crippen MR) is 70.6 cm³/mol. The standard InChI is InChI=1S/C11H23N3O2S/c1-13(2)11(15)14-7-4-10(5-8-14)12-6-9-17(3)16/h10,12H,4-9H2,1-3H3. The Morgan fingerprint density at radius 3 is 2.47 bits per heavy atom. The number of hydrogen-bond acceptors (Lipinski definition) is 3. The Balaban J connectivity index is 2.21. The van der Waals surface area contributed by atoms with E-state index in [2.05, 4.69) is 5.32 Å². The molecular weight excluding hydrogens is 238 g/mol. The molecule has 17 heavy (non-hydrogen) atoms. The maximum Gasteiger partial charge on any atom is 0.319 e. The first kappa shape index (κ1) is 14.4. The minimum Gasteiger partial charge on any atom is -0.331 e. The van der Waals surface area contributed by atoms with Gasteiger partial charge in [-0.15, -0.1) is 0 Å². The topological polar surface area (TPSA) is 52.7 Å². The Hall–Kier alpha value is -0.620. The average molecular weight is 261 g/mol. The molecule has 6 heteroatoms. The van der Waals surface area contributed by atoms with Gasteiger partial charge in [-0.05, 0) is 12.8 Å². The van der Waals surface area contributed by atoms with Crippen LogP contribution in [0.5, 0.6) is 0 Å². The van der Waals surface area contributed by atoms with Crippen molar-refractivity contribution in [2.24, 2.45) is 0 Å². The molecule has 0 bridgehead atoms. The summed E-state index contributed by atoms with van der Waals surface area (Å²) in [6.07, 6.45) is 3.69. The molecule has 0 radical (unpaired) electrons. The summed E-state index contributed by atoms with van der Waals surface area (Å²) in [6.45, 7) is 2.42. The second kappa shape index (κ2) is 6.96. The van der Waals surface area contributed by atoms with Gasteiger partial charge in [-0.1, -0.05) is 0 Å². The quantitative estimate of drug-likeness (QED) is 0.781. The van der Waals surface area contributed by atoms with Crippen LogP contribution in [0.2, 0.25) is 0 Å². The monoisotopic (exact) mass is 261 g/mol. The largest absolute Gasteiger partial charge is 0.331 e. The van der Waals surface area contributed by atoms with Crippen LogP contribution in [0.1, 0.15) is 12.8 Å². The Bertz CT molecular complexity index is 276. The normalized spacial score (nSPS) is 19.1. The molecule has 1 saturated heterocycles. The Kier molecular flexibility index (Phi) is 5.91. The fourth-order valence-corrected chi connectivity index (χ4v) is 2.37. The minimum absolute atomic E-state index is 0.0955. The SMILES string of the molecule is CN(C)C(=O)N1CCC(NCCS(C)=O)CC1. The number of likely N-dealkylation sites (tertiary alicyclic amines) is 1. The van der Waals surface area contributed by atoms with Crippen LogP contribution < -0.4 is 5.32 Å². The summed E-state index contributed by atoms with van der Waals surface area (Å²) in [6, 6.07) is 0.558. The summed E-state index contributed by atoms with van der Waals surface area (Å²) in [5.74, 6) is 0.705. The number of urea groups is 1. The second-order valence-corrected chi connectivity index (χ2v) is 6.22. The molecular formula is C11H23N3O2S. The van der Waals surface area contributed by atoms with Gasteiger partial charge in [0.15, 0.2) is 0 Å². The van der Waals surface area contributed by atoms with Gasteiger partial charge in [-0.3, -0.25) is 4.21 Å². The molecule has 1 unspecified atom stereocenters. The number of rotatable bonds is 4. The molecule has 1 N–H and O–H groups in total. The van der Waals surface area contributed by atoms with Crippen LogP contribution in [-0.4, -0.2) is 71.8 Å². The van der Waals surface area contributed by atoms with E-state index < -0.39 is 10.8 Å². The second-order valence-electron chi connectivity index (χ2n) is 4.67. The van der Waals surface area contributed by atoms with Crippen LogP contribution in [0.15, 0.2) is 0 Å². The van der Waals surface area contributed by atoms with E-state index in [4.69, 9.17) is 0 Å². The van der Waals surface area contributed by atoms with Gasteiger partial charge in [0.25, 0.3) is 0 Å². The lowest BCUT2D eigenvalue weighted by molar-refractivity contribution is 0.153. The number of piperidine rings is 1. The first-order valence-corrected chi connectivity index (χ1v) is 7.73. The highest BCUT2D eigenvalue weighted by Crippen LogP contribution is 2.11. The molecule has 1 aliphatic heterocycles. The lowest BCUT2D eigenvalue weighted by Crippen LogP contribution is -2.48. The van der Waals surface area contributed by atoms with Gasteiger partial charge in [0.1, 0.15) is 0 Å². The van der Waals surface area contributed by atoms with Crippen molar-refractivity contribution in [2.75, 3.05) is 45.7 Å². The van der Waals surface area contributed by atoms with Gasteiger partial charge in [0.2, 0.25) is 0 Å². The molecule has 1 atom stereocenters. The van der Waals surface area contributed by atoms with Gasteiger partial charge in [-0.2, -0.15) is 0 Å². The molecule has 0 saturated carbocycles. The zero-order valence-corrected chi connectivity index (χ0v) is 11.8. The van der Waals surface area contributed by atoms with Crippen LogP contribution in [0.4, 0.5) is 4.79 Å². The molecule has 2 amide bonds. The van der Waals surface area contributed by atoms with Crippen molar-refractivity contribution in [3.8, 4) is 0 Å². The van der Waals surface area contributed by atoms with Gasteiger partial charge < -0.3 is 15.1 Å². The van der Waals surface area contributed by atoms with Gasteiger partial charge in [-0.25, -0.2) is 4.79 Å². The molecule has 0 aromatic heterocycles. The van der Waals surface area contributed by atoms with E-state index in [0.717, 1.165) is 32.5 Å². The zero-order valence-electron chi connectivity index (χ0n) is 10.9. The van der Waals surface area contributed by atoms with E-state index in [1.54, 1.807) is 25.3 Å². The molecule has 100 valence electrons. The van der Waals surface area contributed by atoms with Gasteiger partial charge in [0, 0.05) is 62.6 Å². The first-order valence-electron chi connectivity index (χ1n) is 6.00. The third kappa shape index (κ3) is 5.04. The van der Waals surface area contributed by atoms with Crippen LogP contribution in [0.3, 0.4) is 0 Å². The molecule has 5 nitrogen and oxygen atoms in total. The van der Waals surface area contributed by atoms with Crippen LogP contribution >= 0.6 is 0 Å². The molecule has 1 heterocycles. The van der Waals surface area contributed by atoms with Crippen molar-refractivity contribution < 1.29 is 9.00 Å². The van der Waals surface area contributed by atoms with E-state index in [-0.39, 0.29) is 6.03 Å². The number of nitrogens with one attached hydrogen (secondary N) is 1. The van der Waals surface area contributed by atoms with Crippen molar-refractivity contribution in [3.05, 3.63) is 0 Å². The predicted octanol–water partition coefficient (Wildman–Crippen LogP) is 0.101. The van der Waals surface area contributed by atoms with E-state index in [1.807, 2.05) is 4.90 Å². The third-order valence-corrected chi connectivity index (χ3v) is 3.75. The van der Waals surface area contributed by atoms with E-state index in [1.165, 1.54) is 0 Å². The highest BCUT2D eigenvalue weighted by molar-refractivity contribution is 7.84. The Morgan fingerprint density at radius 2 is 2.00 bits per heavy atom. The highest BCUT2D eigenvalue weighted by atomic mass is 32.2. The molecule has 0 spiro atoms. The maximum atomic E-state index is 11.7. The zero-order chi connectivity index (χ0) is 12.8. The lowest BCUT2D eigenvalue weighted by Gasteiger charge is -2.34. The molecule has 0 aliphatic carbocycles. The van der Waals surface area contributed by atoms with Crippen molar-refractivity contribution >= 4 is 16.8 Å². The number of hydrogen-bond donors (Lipinski definition) is 1. The highest BCUT2D eigenvalue weighted by Gasteiger charge is 2.23. The summed E-state index contributed by atoms with van der Waals surface area (Å²) >= 11 is 0. The summed E-state index contributed by atoms with van der Waals surface area (Å²) in [4.78, 5) is 15.2. The van der Waals surface area contributed by atoms with Crippen molar-refractivity contribution in [1.29, 1.82) is 0 Å². The summed E-state index contributed by atoms with van der Waals surface area (Å²) in [7, 11) is 2.84. The molecule has 1 rings (SSSR count). The number of amides is 2. The van der Waals surface area contributed by atoms with Gasteiger partial charge >= 0.3 is 6.03 Å². The van der Waals surface area contributed by atoms with Crippen molar-refractivity contribution in [1.82, 2.24) is 15.1 Å². The minimum atomic E-state index is -0.724.